The smallest absolute Gasteiger partial charge is 0.271 e. The molecule has 3 N–H and O–H groups in total. The van der Waals surface area contributed by atoms with Crippen LogP contribution in [0.1, 0.15) is 73.9 Å². The molecule has 0 saturated heterocycles. The van der Waals surface area contributed by atoms with Gasteiger partial charge in [-0.2, -0.15) is 5.10 Å². The summed E-state index contributed by atoms with van der Waals surface area (Å²) in [5, 5.41) is 4.08. The average molecular weight is 410 g/mol. The lowest BCUT2D eigenvalue weighted by Gasteiger charge is -2.23. The molecule has 1 aromatic carbocycles. The normalized spacial score (nSPS) is 11.3. The molecule has 0 atom stereocenters. The molecule has 0 radical (unpaired) electrons. The van der Waals surface area contributed by atoms with Crippen LogP contribution >= 0.6 is 0 Å². The van der Waals surface area contributed by atoms with E-state index >= 15 is 0 Å². The maximum absolute atomic E-state index is 12.1. The number of carbonyl (C=O) groups is 1. The van der Waals surface area contributed by atoms with Gasteiger partial charge in [0.05, 0.1) is 6.21 Å². The molecule has 0 aliphatic carbocycles. The van der Waals surface area contributed by atoms with Gasteiger partial charge in [0.15, 0.2) is 0 Å². The van der Waals surface area contributed by atoms with Gasteiger partial charge in [0, 0.05) is 35.8 Å². The van der Waals surface area contributed by atoms with Crippen molar-refractivity contribution in [2.24, 2.45) is 5.10 Å². The van der Waals surface area contributed by atoms with Gasteiger partial charge in [-0.15, -0.1) is 0 Å². The van der Waals surface area contributed by atoms with Crippen molar-refractivity contribution in [2.75, 3.05) is 18.8 Å². The summed E-state index contributed by atoms with van der Waals surface area (Å²) in [6.07, 6.45) is 12.1. The quantitative estimate of drug-likeness (QED) is 0.219. The first-order valence-corrected chi connectivity index (χ1v) is 11.0. The van der Waals surface area contributed by atoms with Crippen LogP contribution in [0.15, 0.2) is 47.8 Å². The van der Waals surface area contributed by atoms with Crippen molar-refractivity contribution in [3.05, 3.63) is 59.4 Å². The second-order valence-corrected chi connectivity index (χ2v) is 7.55. The van der Waals surface area contributed by atoms with E-state index in [1.807, 2.05) is 12.1 Å². The minimum Gasteiger partial charge on any atom is -0.398 e. The maximum atomic E-state index is 12.1. The number of nitrogens with zero attached hydrogens (tertiary/aromatic N) is 3. The van der Waals surface area contributed by atoms with Gasteiger partial charge in [-0.25, -0.2) is 5.43 Å². The Bertz CT molecular complexity index is 781. The summed E-state index contributed by atoms with van der Waals surface area (Å²) in [6, 6.07) is 9.28. The Morgan fingerprint density at radius 3 is 2.37 bits per heavy atom. The Morgan fingerprint density at radius 1 is 1.07 bits per heavy atom. The fourth-order valence-electron chi connectivity index (χ4n) is 3.29. The van der Waals surface area contributed by atoms with Crippen molar-refractivity contribution in [1.29, 1.82) is 0 Å². The number of hydrazone groups is 1. The number of unbranched alkanes of at least 4 members (excludes halogenated alkanes) is 4. The first-order chi connectivity index (χ1) is 14.7. The zero-order valence-electron chi connectivity index (χ0n) is 18.3. The molecule has 2 aromatic rings. The highest BCUT2D eigenvalue weighted by molar-refractivity contribution is 5.95. The van der Waals surface area contributed by atoms with Crippen LogP contribution in [-0.4, -0.2) is 35.1 Å². The van der Waals surface area contributed by atoms with Gasteiger partial charge in [0.25, 0.3) is 5.91 Å². The van der Waals surface area contributed by atoms with E-state index in [-0.39, 0.29) is 5.91 Å². The van der Waals surface area contributed by atoms with Gasteiger partial charge < -0.3 is 5.73 Å². The number of pyridine rings is 1. The third-order valence-electron chi connectivity index (χ3n) is 5.09. The number of nitrogens with two attached hydrogens (primary N) is 1. The van der Waals surface area contributed by atoms with E-state index in [2.05, 4.69) is 40.3 Å². The molecule has 0 unspecified atom stereocenters. The molecule has 2 rings (SSSR count). The van der Waals surface area contributed by atoms with Gasteiger partial charge in [0.2, 0.25) is 0 Å². The second-order valence-electron chi connectivity index (χ2n) is 7.55. The van der Waals surface area contributed by atoms with Crippen LogP contribution in [0.25, 0.3) is 0 Å². The standard InChI is InChI=1S/C24H35N5O/c1-3-5-7-16-29(17-8-6-4-2)19-22-11-9-10-21(23(22)25)18-27-28-24(30)20-12-14-26-15-13-20/h9-15,18H,3-8,16-17,19,25H2,1-2H3,(H,28,30)/b27-18+. The molecule has 0 fully saturated rings. The minimum absolute atomic E-state index is 0.276. The number of amides is 1. The molecule has 0 aliphatic heterocycles. The number of nitrogen functional groups attached to an aromatic ring is 1. The van der Waals surface area contributed by atoms with Gasteiger partial charge in [-0.3, -0.25) is 14.7 Å². The molecule has 6 heteroatoms. The Hall–Kier alpha value is -2.73. The van der Waals surface area contributed by atoms with E-state index in [0.29, 0.717) is 5.56 Å². The molecule has 162 valence electrons. The first-order valence-electron chi connectivity index (χ1n) is 11.0. The van der Waals surface area contributed by atoms with E-state index in [4.69, 9.17) is 5.73 Å². The lowest BCUT2D eigenvalue weighted by atomic mass is 10.1. The Labute approximate surface area is 180 Å². The van der Waals surface area contributed by atoms with Crippen LogP contribution in [0.3, 0.4) is 0 Å². The van der Waals surface area contributed by atoms with Crippen LogP contribution in [0.2, 0.25) is 0 Å². The number of carbonyl (C=O) groups excluding carboxylic acids is 1. The van der Waals surface area contributed by atoms with Crippen LogP contribution < -0.4 is 11.2 Å². The number of rotatable bonds is 13. The van der Waals surface area contributed by atoms with E-state index in [0.717, 1.165) is 36.4 Å². The monoisotopic (exact) mass is 409 g/mol. The third-order valence-corrected chi connectivity index (χ3v) is 5.09. The van der Waals surface area contributed by atoms with Crippen LogP contribution in [0.5, 0.6) is 0 Å². The molecular formula is C24H35N5O. The third kappa shape index (κ3) is 7.95. The highest BCUT2D eigenvalue weighted by Gasteiger charge is 2.10. The van der Waals surface area contributed by atoms with E-state index < -0.39 is 0 Å². The summed E-state index contributed by atoms with van der Waals surface area (Å²) >= 11 is 0. The number of anilines is 1. The molecule has 0 spiro atoms. The summed E-state index contributed by atoms with van der Waals surface area (Å²) in [4.78, 5) is 18.5. The number of benzene rings is 1. The maximum Gasteiger partial charge on any atom is 0.271 e. The van der Waals surface area contributed by atoms with Crippen molar-refractivity contribution in [3.8, 4) is 0 Å². The fourth-order valence-corrected chi connectivity index (χ4v) is 3.29. The van der Waals surface area contributed by atoms with Crippen molar-refractivity contribution in [2.45, 2.75) is 58.9 Å². The molecule has 0 saturated carbocycles. The first kappa shape index (κ1) is 23.5. The minimum atomic E-state index is -0.276. The zero-order chi connectivity index (χ0) is 21.6. The average Bonchev–Trinajstić information content (AvgIpc) is 2.77. The highest BCUT2D eigenvalue weighted by atomic mass is 16.2. The largest absolute Gasteiger partial charge is 0.398 e. The number of aromatic nitrogens is 1. The van der Waals surface area contributed by atoms with Crippen LogP contribution in [0, 0.1) is 0 Å². The highest BCUT2D eigenvalue weighted by Crippen LogP contribution is 2.19. The van der Waals surface area contributed by atoms with E-state index in [9.17, 15) is 4.79 Å². The van der Waals surface area contributed by atoms with Crippen LogP contribution in [-0.2, 0) is 6.54 Å². The number of para-hydroxylation sites is 1. The van der Waals surface area contributed by atoms with Gasteiger partial charge in [-0.1, -0.05) is 57.7 Å². The van der Waals surface area contributed by atoms with Crippen LogP contribution in [0.4, 0.5) is 5.69 Å². The van der Waals surface area contributed by atoms with Crippen molar-refractivity contribution >= 4 is 17.8 Å². The van der Waals surface area contributed by atoms with Crippen molar-refractivity contribution < 1.29 is 4.79 Å². The molecule has 1 heterocycles. The molecule has 6 nitrogen and oxygen atoms in total. The number of hydrogen-bond acceptors (Lipinski definition) is 5. The molecule has 1 amide bonds. The molecule has 0 aliphatic rings. The van der Waals surface area contributed by atoms with Crippen molar-refractivity contribution in [1.82, 2.24) is 15.3 Å². The predicted molar refractivity (Wildman–Crippen MR) is 124 cm³/mol. The lowest BCUT2D eigenvalue weighted by Crippen LogP contribution is -2.26. The van der Waals surface area contributed by atoms with Gasteiger partial charge >= 0.3 is 0 Å². The summed E-state index contributed by atoms with van der Waals surface area (Å²) < 4.78 is 0. The lowest BCUT2D eigenvalue weighted by molar-refractivity contribution is 0.0955. The summed E-state index contributed by atoms with van der Waals surface area (Å²) in [6.45, 7) is 7.49. The van der Waals surface area contributed by atoms with E-state index in [1.165, 1.54) is 38.5 Å². The predicted octanol–water partition coefficient (Wildman–Crippen LogP) is 4.61. The van der Waals surface area contributed by atoms with Gasteiger partial charge in [0.1, 0.15) is 0 Å². The fraction of sp³-hybridized carbons (Fsp3) is 0.458. The van der Waals surface area contributed by atoms with Crippen molar-refractivity contribution in [3.63, 3.8) is 0 Å². The van der Waals surface area contributed by atoms with E-state index in [1.54, 1.807) is 30.7 Å². The Morgan fingerprint density at radius 2 is 1.73 bits per heavy atom. The van der Waals surface area contributed by atoms with Gasteiger partial charge in [-0.05, 0) is 43.6 Å². The molecule has 0 bridgehead atoms. The molecular weight excluding hydrogens is 374 g/mol. The Balaban J connectivity index is 2.01. The SMILES string of the molecule is CCCCCN(CCCCC)Cc1cccc(/C=N/NC(=O)c2ccncc2)c1N. The number of nitrogens with one attached hydrogen (secondary N) is 1. The molecule has 30 heavy (non-hydrogen) atoms. The molecule has 1 aromatic heterocycles. The summed E-state index contributed by atoms with van der Waals surface area (Å²) in [5.74, 6) is -0.276. The number of hydrogen-bond donors (Lipinski definition) is 2. The Kier molecular flexibility index (Phi) is 10.6. The second kappa shape index (κ2) is 13.5. The summed E-state index contributed by atoms with van der Waals surface area (Å²) in [7, 11) is 0. The summed E-state index contributed by atoms with van der Waals surface area (Å²) in [5.41, 5.74) is 12.1. The zero-order valence-corrected chi connectivity index (χ0v) is 18.3. The topological polar surface area (TPSA) is 83.6 Å².